The first-order chi connectivity index (χ1) is 16.6. The van der Waals surface area contributed by atoms with E-state index in [9.17, 15) is 4.79 Å². The Bertz CT molecular complexity index is 1150. The van der Waals surface area contributed by atoms with Gasteiger partial charge in [-0.15, -0.1) is 0 Å². The molecule has 3 aromatic rings. The Morgan fingerprint density at radius 2 is 1.94 bits per heavy atom. The number of nitrogens with zero attached hydrogens (tertiary/aromatic N) is 5. The van der Waals surface area contributed by atoms with Gasteiger partial charge >= 0.3 is 0 Å². The number of carbonyl (C=O) groups excluding carboxylic acids is 1. The maximum absolute atomic E-state index is 12.3. The summed E-state index contributed by atoms with van der Waals surface area (Å²) in [7, 11) is 0. The second-order valence-corrected chi connectivity index (χ2v) is 8.99. The molecular formula is C25H31N7O2. The van der Waals surface area contributed by atoms with E-state index in [1.54, 1.807) is 13.1 Å². The third-order valence-corrected chi connectivity index (χ3v) is 6.52. The summed E-state index contributed by atoms with van der Waals surface area (Å²) in [6.45, 7) is 5.98. The van der Waals surface area contributed by atoms with Crippen LogP contribution in [-0.2, 0) is 9.53 Å². The molecule has 2 fully saturated rings. The quantitative estimate of drug-likeness (QED) is 0.596. The maximum atomic E-state index is 12.3. The van der Waals surface area contributed by atoms with Crippen LogP contribution in [0.2, 0.25) is 0 Å². The summed E-state index contributed by atoms with van der Waals surface area (Å²) in [5.74, 6) is 1.76. The molecule has 0 aliphatic carbocycles. The third kappa shape index (κ3) is 4.80. The van der Waals surface area contributed by atoms with Crippen molar-refractivity contribution in [3.05, 3.63) is 42.9 Å². The van der Waals surface area contributed by atoms with Gasteiger partial charge in [-0.1, -0.05) is 0 Å². The van der Waals surface area contributed by atoms with Gasteiger partial charge in [0.2, 0.25) is 5.91 Å². The molecule has 9 nitrogen and oxygen atoms in total. The van der Waals surface area contributed by atoms with Crippen LogP contribution in [0.1, 0.15) is 19.8 Å². The van der Waals surface area contributed by atoms with Crippen LogP contribution in [0.25, 0.3) is 22.0 Å². The highest BCUT2D eigenvalue weighted by molar-refractivity contribution is 5.94. The van der Waals surface area contributed by atoms with E-state index in [0.717, 1.165) is 59.7 Å². The number of hydrogen-bond acceptors (Lipinski definition) is 8. The number of fused-ring (bicyclic) bond motifs is 1. The van der Waals surface area contributed by atoms with Crippen LogP contribution in [0.4, 0.5) is 11.6 Å². The number of anilines is 2. The summed E-state index contributed by atoms with van der Waals surface area (Å²) in [4.78, 5) is 30.3. The van der Waals surface area contributed by atoms with Crippen molar-refractivity contribution in [1.29, 1.82) is 0 Å². The Kier molecular flexibility index (Phi) is 6.55. The molecule has 2 saturated heterocycles. The highest BCUT2D eigenvalue weighted by Crippen LogP contribution is 2.31. The van der Waals surface area contributed by atoms with E-state index in [2.05, 4.69) is 32.3 Å². The molecule has 3 aromatic heterocycles. The minimum Gasteiger partial charge on any atom is -0.381 e. The molecule has 0 radical (unpaired) electrons. The molecule has 2 aliphatic rings. The zero-order chi connectivity index (χ0) is 23.5. The molecule has 0 bridgehead atoms. The number of ether oxygens (including phenoxy) is 1. The fourth-order valence-corrected chi connectivity index (χ4v) is 4.61. The zero-order valence-corrected chi connectivity index (χ0v) is 19.5. The van der Waals surface area contributed by atoms with Crippen LogP contribution in [0.3, 0.4) is 0 Å². The van der Waals surface area contributed by atoms with Crippen LogP contribution in [0.5, 0.6) is 0 Å². The number of rotatable bonds is 5. The summed E-state index contributed by atoms with van der Waals surface area (Å²) in [6.07, 6.45) is 7.46. The highest BCUT2D eigenvalue weighted by atomic mass is 16.5. The van der Waals surface area contributed by atoms with E-state index in [1.165, 1.54) is 0 Å². The molecule has 5 heterocycles. The largest absolute Gasteiger partial charge is 0.381 e. The lowest BCUT2D eigenvalue weighted by molar-refractivity contribution is -0.132. The van der Waals surface area contributed by atoms with Crippen molar-refractivity contribution in [2.45, 2.75) is 31.8 Å². The molecular weight excluding hydrogens is 430 g/mol. The van der Waals surface area contributed by atoms with Gasteiger partial charge in [0.05, 0.1) is 11.7 Å². The second-order valence-electron chi connectivity index (χ2n) is 8.99. The van der Waals surface area contributed by atoms with Gasteiger partial charge in [-0.05, 0) is 44.0 Å². The second kappa shape index (κ2) is 9.90. The molecule has 5 rings (SSSR count). The fraction of sp³-hybridized carbons (Fsp3) is 0.440. The summed E-state index contributed by atoms with van der Waals surface area (Å²) in [5, 5.41) is 5.63. The molecule has 1 amide bonds. The van der Waals surface area contributed by atoms with E-state index >= 15 is 0 Å². The van der Waals surface area contributed by atoms with E-state index in [1.807, 2.05) is 29.4 Å². The Hall–Kier alpha value is -3.30. The van der Waals surface area contributed by atoms with Crippen LogP contribution in [0, 0.1) is 0 Å². The van der Waals surface area contributed by atoms with Gasteiger partial charge in [0.25, 0.3) is 0 Å². The summed E-state index contributed by atoms with van der Waals surface area (Å²) in [5.41, 5.74) is 7.68. The number of pyridine rings is 3. The normalized spacial score (nSPS) is 18.2. The van der Waals surface area contributed by atoms with Gasteiger partial charge in [-0.25, -0.2) is 9.97 Å². The number of nitrogens with one attached hydrogen (secondary N) is 1. The van der Waals surface area contributed by atoms with Crippen LogP contribution in [-0.4, -0.2) is 77.2 Å². The number of aromatic nitrogens is 3. The molecule has 0 saturated carbocycles. The van der Waals surface area contributed by atoms with Crippen LogP contribution < -0.4 is 16.0 Å². The molecule has 0 spiro atoms. The Labute approximate surface area is 199 Å². The van der Waals surface area contributed by atoms with Crippen LogP contribution >= 0.6 is 0 Å². The lowest BCUT2D eigenvalue weighted by atomic mass is 10.1. The van der Waals surface area contributed by atoms with Gasteiger partial charge in [0.1, 0.15) is 11.6 Å². The van der Waals surface area contributed by atoms with Gasteiger partial charge in [0.15, 0.2) is 0 Å². The first kappa shape index (κ1) is 22.5. The Morgan fingerprint density at radius 3 is 2.71 bits per heavy atom. The van der Waals surface area contributed by atoms with Crippen molar-refractivity contribution in [3.8, 4) is 11.3 Å². The van der Waals surface area contributed by atoms with Gasteiger partial charge < -0.3 is 25.6 Å². The van der Waals surface area contributed by atoms with Gasteiger partial charge in [-0.3, -0.25) is 9.78 Å². The maximum Gasteiger partial charge on any atom is 0.239 e. The smallest absolute Gasteiger partial charge is 0.239 e. The molecule has 34 heavy (non-hydrogen) atoms. The van der Waals surface area contributed by atoms with Gasteiger partial charge in [0, 0.05) is 80.4 Å². The first-order valence-corrected chi connectivity index (χ1v) is 11.9. The number of carbonyl (C=O) groups is 1. The fourth-order valence-electron chi connectivity index (χ4n) is 4.61. The first-order valence-electron chi connectivity index (χ1n) is 11.9. The van der Waals surface area contributed by atoms with Crippen molar-refractivity contribution in [3.63, 3.8) is 0 Å². The molecule has 1 atom stereocenters. The predicted molar refractivity (Wildman–Crippen MR) is 133 cm³/mol. The highest BCUT2D eigenvalue weighted by Gasteiger charge is 2.25. The summed E-state index contributed by atoms with van der Waals surface area (Å²) < 4.78 is 5.46. The lowest BCUT2D eigenvalue weighted by Gasteiger charge is -2.36. The zero-order valence-electron chi connectivity index (χ0n) is 19.5. The van der Waals surface area contributed by atoms with Gasteiger partial charge in [-0.2, -0.15) is 0 Å². The number of hydrogen-bond donors (Lipinski definition) is 2. The Morgan fingerprint density at radius 1 is 1.15 bits per heavy atom. The third-order valence-electron chi connectivity index (χ3n) is 6.52. The number of piperazine rings is 1. The minimum atomic E-state index is -0.476. The SMILES string of the molecule is C[C@H](N)C(=O)N1CCN(c2nc(-c3ccnc(NC4CCOCC4)c3)cc3cnccc23)CC1. The molecule has 0 aromatic carbocycles. The molecule has 178 valence electrons. The molecule has 2 aliphatic heterocycles. The van der Waals surface area contributed by atoms with Crippen molar-refractivity contribution in [2.75, 3.05) is 49.6 Å². The molecule has 0 unspecified atom stereocenters. The average molecular weight is 462 g/mol. The Balaban J connectivity index is 1.43. The summed E-state index contributed by atoms with van der Waals surface area (Å²) >= 11 is 0. The van der Waals surface area contributed by atoms with Crippen molar-refractivity contribution >= 4 is 28.3 Å². The van der Waals surface area contributed by atoms with E-state index < -0.39 is 6.04 Å². The predicted octanol–water partition coefficient (Wildman–Crippen LogP) is 2.28. The summed E-state index contributed by atoms with van der Waals surface area (Å²) in [6, 6.07) is 8.03. The van der Waals surface area contributed by atoms with E-state index in [-0.39, 0.29) is 5.91 Å². The van der Waals surface area contributed by atoms with E-state index in [4.69, 9.17) is 15.5 Å². The van der Waals surface area contributed by atoms with Crippen LogP contribution in [0.15, 0.2) is 42.9 Å². The average Bonchev–Trinajstić information content (AvgIpc) is 2.88. The topological polar surface area (TPSA) is 110 Å². The monoisotopic (exact) mass is 461 g/mol. The number of nitrogens with two attached hydrogens (primary N) is 1. The van der Waals surface area contributed by atoms with Crippen molar-refractivity contribution in [2.24, 2.45) is 5.73 Å². The molecule has 9 heteroatoms. The van der Waals surface area contributed by atoms with Crippen molar-refractivity contribution in [1.82, 2.24) is 19.9 Å². The lowest BCUT2D eigenvalue weighted by Crippen LogP contribution is -2.52. The minimum absolute atomic E-state index is 0.00300. The molecule has 3 N–H and O–H groups in total. The van der Waals surface area contributed by atoms with E-state index in [0.29, 0.717) is 32.2 Å². The van der Waals surface area contributed by atoms with Crippen molar-refractivity contribution < 1.29 is 9.53 Å². The number of amides is 1. The standard InChI is InChI=1S/C25H31N7O2/c1-17(26)25(33)32-10-8-31(9-11-32)24-21-3-6-27-16-19(21)14-22(30-24)18-2-7-28-23(15-18)29-20-4-12-34-13-5-20/h2-3,6-7,14-17,20H,4-5,8-13,26H2,1H3,(H,28,29)/t17-/m0/s1.